The molecule has 0 aliphatic carbocycles. The normalized spacial score (nSPS) is 12.9. The van der Waals surface area contributed by atoms with Crippen LogP contribution in [0.25, 0.3) is 10.2 Å². The number of fused-ring (bicyclic) bond motifs is 1. The van der Waals surface area contributed by atoms with Crippen LogP contribution < -0.4 is 19.9 Å². The molecule has 0 fully saturated rings. The molecule has 1 amide bonds. The van der Waals surface area contributed by atoms with Crippen LogP contribution in [-0.2, 0) is 45.1 Å². The largest absolute Gasteiger partial charge is 0.487 e. The molecule has 3 heterocycles. The van der Waals surface area contributed by atoms with Gasteiger partial charge in [0.05, 0.1) is 29.2 Å². The van der Waals surface area contributed by atoms with Crippen molar-refractivity contribution < 1.29 is 42.1 Å². The predicted molar refractivity (Wildman–Crippen MR) is 174 cm³/mol. The fourth-order valence-corrected chi connectivity index (χ4v) is 6.87. The lowest BCUT2D eigenvalue weighted by molar-refractivity contribution is -0.141. The molecule has 3 aromatic heterocycles. The van der Waals surface area contributed by atoms with Gasteiger partial charge in [0.1, 0.15) is 61.4 Å². The summed E-state index contributed by atoms with van der Waals surface area (Å²) in [5.41, 5.74) is 2.12. The number of aliphatic carboxylic acids is 1. The number of thioether (sulfide) groups is 1. The minimum Gasteiger partial charge on any atom is -0.487 e. The summed E-state index contributed by atoms with van der Waals surface area (Å²) in [5, 5.41) is 42.1. The van der Waals surface area contributed by atoms with Crippen molar-refractivity contribution in [3.63, 3.8) is 0 Å². The molecule has 5 N–H and O–H groups in total. The molecule has 0 aliphatic heterocycles. The van der Waals surface area contributed by atoms with Gasteiger partial charge in [-0.1, -0.05) is 22.6 Å². The summed E-state index contributed by atoms with van der Waals surface area (Å²) in [7, 11) is -3.92. The lowest BCUT2D eigenvalue weighted by Crippen LogP contribution is -2.44. The number of nitrogens with zero attached hydrogens (tertiary/aromatic N) is 7. The molecule has 5 rings (SSSR count). The van der Waals surface area contributed by atoms with Gasteiger partial charge in [0.25, 0.3) is 10.0 Å². The number of primary sulfonamides is 1. The molecular weight excluding hydrogens is 706 g/mol. The van der Waals surface area contributed by atoms with Crippen molar-refractivity contribution in [2.75, 3.05) is 19.0 Å². The van der Waals surface area contributed by atoms with Crippen LogP contribution in [0.4, 0.5) is 4.39 Å². The van der Waals surface area contributed by atoms with E-state index in [1.165, 1.54) is 33.5 Å². The van der Waals surface area contributed by atoms with Gasteiger partial charge in [-0.25, -0.2) is 37.1 Å². The number of halogens is 1. The number of aliphatic hydroxyl groups excluding tert-OH is 1. The first-order chi connectivity index (χ1) is 23.5. The van der Waals surface area contributed by atoms with Gasteiger partial charge in [-0.05, 0) is 29.8 Å². The average Bonchev–Trinajstić information content (AvgIpc) is 3.83. The number of sulfonamides is 1. The topological polar surface area (TPSA) is 240 Å². The molecule has 2 aromatic carbocycles. The van der Waals surface area contributed by atoms with Crippen molar-refractivity contribution in [1.29, 1.82) is 0 Å². The summed E-state index contributed by atoms with van der Waals surface area (Å²) < 4.78 is 50.5. The number of aliphatic hydroxyl groups is 1. The quantitative estimate of drug-likeness (QED) is 0.0992. The van der Waals surface area contributed by atoms with Crippen LogP contribution in [0.5, 0.6) is 11.5 Å². The van der Waals surface area contributed by atoms with E-state index >= 15 is 0 Å². The van der Waals surface area contributed by atoms with E-state index in [9.17, 15) is 32.6 Å². The lowest BCUT2D eigenvalue weighted by Gasteiger charge is -2.14. The second-order valence-corrected chi connectivity index (χ2v) is 14.2. The third-order valence-corrected chi connectivity index (χ3v) is 10.1. The van der Waals surface area contributed by atoms with E-state index in [1.807, 2.05) is 6.07 Å². The number of carbonyl (C=O) groups excluding carboxylic acids is 1. The first kappa shape index (κ1) is 35.6. The van der Waals surface area contributed by atoms with Crippen molar-refractivity contribution in [3.8, 4) is 11.5 Å². The van der Waals surface area contributed by atoms with Crippen molar-refractivity contribution in [2.45, 2.75) is 41.9 Å². The van der Waals surface area contributed by atoms with E-state index in [0.717, 1.165) is 16.9 Å². The SMILES string of the molecule is NS(=O)(=O)c1nc2cc(OCc3cn(CC(=O)NC(CSCc4cccc(OCc5cn(C(CO)CF)nn5)c4)C(=O)O)nn3)ccc2s1. The molecule has 2 unspecified atom stereocenters. The number of thiazole rings is 1. The Morgan fingerprint density at radius 1 is 1.06 bits per heavy atom. The second kappa shape index (κ2) is 16.1. The maximum atomic E-state index is 13.0. The van der Waals surface area contributed by atoms with Crippen molar-refractivity contribution in [3.05, 3.63) is 71.8 Å². The Bertz CT molecular complexity index is 2020. The molecule has 5 aromatic rings. The molecule has 0 aliphatic rings. The first-order valence-corrected chi connectivity index (χ1v) is 17.9. The smallest absolute Gasteiger partial charge is 0.327 e. The molecular formula is C28H30FN9O8S3. The fourth-order valence-electron chi connectivity index (χ4n) is 4.24. The highest BCUT2D eigenvalue weighted by atomic mass is 32.2. The van der Waals surface area contributed by atoms with Gasteiger partial charge in [0, 0.05) is 17.6 Å². The minimum absolute atomic E-state index is 0.00688. The molecule has 49 heavy (non-hydrogen) atoms. The Hall–Kier alpha value is -4.70. The molecule has 2 atom stereocenters. The molecule has 21 heteroatoms. The number of carbonyl (C=O) groups is 2. The van der Waals surface area contributed by atoms with Crippen molar-refractivity contribution >= 4 is 55.2 Å². The highest BCUT2D eigenvalue weighted by Crippen LogP contribution is 2.28. The second-order valence-electron chi connectivity index (χ2n) is 10.4. The number of rotatable bonds is 18. The van der Waals surface area contributed by atoms with Crippen molar-refractivity contribution in [2.24, 2.45) is 5.14 Å². The number of hydrogen-bond donors (Lipinski definition) is 4. The van der Waals surface area contributed by atoms with Crippen LogP contribution in [0, 0.1) is 0 Å². The zero-order chi connectivity index (χ0) is 35.0. The Kier molecular flexibility index (Phi) is 11.7. The number of amides is 1. The third kappa shape index (κ3) is 9.92. The van der Waals surface area contributed by atoms with Crippen LogP contribution >= 0.6 is 23.1 Å². The van der Waals surface area contributed by atoms with E-state index in [4.69, 9.17) is 14.6 Å². The highest BCUT2D eigenvalue weighted by molar-refractivity contribution is 7.98. The van der Waals surface area contributed by atoms with Crippen LogP contribution in [0.15, 0.2) is 59.2 Å². The van der Waals surface area contributed by atoms with Gasteiger partial charge in [0.2, 0.25) is 10.2 Å². The number of benzene rings is 2. The maximum absolute atomic E-state index is 13.0. The molecule has 260 valence electrons. The molecule has 17 nitrogen and oxygen atoms in total. The Balaban J connectivity index is 1.06. The number of aromatic nitrogens is 7. The summed E-state index contributed by atoms with van der Waals surface area (Å²) >= 11 is 2.26. The first-order valence-electron chi connectivity index (χ1n) is 14.3. The van der Waals surface area contributed by atoms with Crippen LogP contribution in [-0.4, -0.2) is 90.6 Å². The highest BCUT2D eigenvalue weighted by Gasteiger charge is 2.21. The van der Waals surface area contributed by atoms with E-state index in [1.54, 1.807) is 36.4 Å². The van der Waals surface area contributed by atoms with E-state index in [-0.39, 0.29) is 29.9 Å². The van der Waals surface area contributed by atoms with Gasteiger partial charge in [-0.2, -0.15) is 11.8 Å². The third-order valence-electron chi connectivity index (χ3n) is 6.65. The number of nitrogens with two attached hydrogens (primary N) is 1. The van der Waals surface area contributed by atoms with E-state index in [2.05, 4.69) is 30.9 Å². The van der Waals surface area contributed by atoms with Gasteiger partial charge in [0.15, 0.2) is 0 Å². The molecule has 0 saturated heterocycles. The lowest BCUT2D eigenvalue weighted by atomic mass is 10.2. The number of ether oxygens (including phenoxy) is 2. The zero-order valence-corrected chi connectivity index (χ0v) is 27.9. The van der Waals surface area contributed by atoms with Crippen LogP contribution in [0.3, 0.4) is 0 Å². The summed E-state index contributed by atoms with van der Waals surface area (Å²) in [6.45, 7) is -1.39. The van der Waals surface area contributed by atoms with Crippen LogP contribution in [0.1, 0.15) is 23.0 Å². The van der Waals surface area contributed by atoms with Gasteiger partial charge in [-0.15, -0.1) is 21.5 Å². The summed E-state index contributed by atoms with van der Waals surface area (Å²) in [5.74, 6) is -0.291. The summed E-state index contributed by atoms with van der Waals surface area (Å²) in [4.78, 5) is 28.5. The van der Waals surface area contributed by atoms with Gasteiger partial charge >= 0.3 is 5.97 Å². The predicted octanol–water partition coefficient (Wildman–Crippen LogP) is 1.29. The molecule has 0 saturated carbocycles. The molecule has 0 radical (unpaired) electrons. The maximum Gasteiger partial charge on any atom is 0.327 e. The monoisotopic (exact) mass is 735 g/mol. The standard InChI is InChI=1S/C28H30FN9O8S3/c29-8-20(12-39)38-10-19(34-36-38)14-45-21-3-1-2-17(6-21)15-47-16-24(27(41)42)31-26(40)11-37-9-18(33-35-37)13-46-22-4-5-25-23(7-22)32-28(48-25)49(30,43)44/h1-7,9-10,20,24,39H,8,11-16H2,(H,31,40)(H,41,42)(H2,30,43,44). The number of nitrogens with one attached hydrogen (secondary N) is 1. The van der Waals surface area contributed by atoms with E-state index in [0.29, 0.717) is 38.9 Å². The number of alkyl halides is 1. The summed E-state index contributed by atoms with van der Waals surface area (Å²) in [6.07, 6.45) is 2.98. The Morgan fingerprint density at radius 3 is 2.51 bits per heavy atom. The number of hydrogen-bond acceptors (Lipinski definition) is 14. The number of carboxylic acids is 1. The van der Waals surface area contributed by atoms with Crippen molar-refractivity contribution in [1.82, 2.24) is 40.3 Å². The molecule has 0 bridgehead atoms. The average molecular weight is 736 g/mol. The summed E-state index contributed by atoms with van der Waals surface area (Å²) in [6, 6.07) is 10.1. The fraction of sp³-hybridized carbons (Fsp3) is 0.321. The Morgan fingerprint density at radius 2 is 1.80 bits per heavy atom. The van der Waals surface area contributed by atoms with Crippen LogP contribution in [0.2, 0.25) is 0 Å². The number of carboxylic acid groups (broad SMARTS) is 1. The van der Waals surface area contributed by atoms with Gasteiger partial charge in [-0.3, -0.25) is 4.79 Å². The molecule has 0 spiro atoms. The van der Waals surface area contributed by atoms with Gasteiger partial charge < -0.3 is 25.0 Å². The zero-order valence-electron chi connectivity index (χ0n) is 25.5. The Labute approximate surface area is 286 Å². The minimum atomic E-state index is -3.92. The van der Waals surface area contributed by atoms with E-state index < -0.39 is 47.3 Å².